The van der Waals surface area contributed by atoms with Crippen molar-refractivity contribution in [3.8, 4) is 0 Å². The van der Waals surface area contributed by atoms with Gasteiger partial charge in [-0.15, -0.1) is 0 Å². The lowest BCUT2D eigenvalue weighted by atomic mass is 9.87. The quantitative estimate of drug-likeness (QED) is 0.594. The normalized spacial score (nSPS) is 36.6. The third kappa shape index (κ3) is 1.56. The first-order valence-corrected chi connectivity index (χ1v) is 5.25. The van der Waals surface area contributed by atoms with Crippen LogP contribution in [0.25, 0.3) is 0 Å². The number of aliphatic hydroxyl groups is 1. The molecule has 1 nitrogen and oxygen atoms in total. The van der Waals surface area contributed by atoms with Crippen LogP contribution < -0.4 is 0 Å². The van der Waals surface area contributed by atoms with Crippen LogP contribution in [0.15, 0.2) is 11.6 Å². The monoisotopic (exact) mass is 166 g/mol. The van der Waals surface area contributed by atoms with E-state index < -0.39 is 0 Å². The van der Waals surface area contributed by atoms with Crippen LogP contribution in [0.1, 0.15) is 44.9 Å². The lowest BCUT2D eigenvalue weighted by Crippen LogP contribution is -2.16. The van der Waals surface area contributed by atoms with E-state index in [2.05, 4.69) is 6.08 Å². The molecule has 0 amide bonds. The Morgan fingerprint density at radius 2 is 2.08 bits per heavy atom. The van der Waals surface area contributed by atoms with Crippen LogP contribution in [0, 0.1) is 5.92 Å². The maximum absolute atomic E-state index is 9.70. The Balaban J connectivity index is 2.02. The third-order valence-corrected chi connectivity index (χ3v) is 3.28. The van der Waals surface area contributed by atoms with Gasteiger partial charge in [0.15, 0.2) is 0 Å². The van der Waals surface area contributed by atoms with E-state index in [1.54, 1.807) is 5.57 Å². The van der Waals surface area contributed by atoms with E-state index in [9.17, 15) is 5.11 Å². The Labute approximate surface area is 74.5 Å². The summed E-state index contributed by atoms with van der Waals surface area (Å²) in [5.74, 6) is 0.533. The van der Waals surface area contributed by atoms with Crippen molar-refractivity contribution >= 4 is 0 Å². The van der Waals surface area contributed by atoms with Crippen molar-refractivity contribution in [2.75, 3.05) is 0 Å². The van der Waals surface area contributed by atoms with Crippen molar-refractivity contribution in [1.82, 2.24) is 0 Å². The average molecular weight is 166 g/mol. The minimum Gasteiger partial charge on any atom is -0.393 e. The topological polar surface area (TPSA) is 20.2 Å². The average Bonchev–Trinajstić information content (AvgIpc) is 2.53. The fourth-order valence-corrected chi connectivity index (χ4v) is 2.57. The number of hydrogen-bond donors (Lipinski definition) is 1. The SMILES string of the molecule is O[C@@H]1CCC[C@H]1C1=CCCCC1. The highest BCUT2D eigenvalue weighted by molar-refractivity contribution is 5.12. The maximum Gasteiger partial charge on any atom is 0.0605 e. The largest absolute Gasteiger partial charge is 0.393 e. The van der Waals surface area contributed by atoms with Gasteiger partial charge in [0, 0.05) is 5.92 Å². The zero-order chi connectivity index (χ0) is 8.39. The Kier molecular flexibility index (Phi) is 2.50. The van der Waals surface area contributed by atoms with Crippen molar-refractivity contribution in [2.45, 2.75) is 51.0 Å². The molecule has 0 aliphatic heterocycles. The highest BCUT2D eigenvalue weighted by Crippen LogP contribution is 2.35. The second-order valence-electron chi connectivity index (χ2n) is 4.13. The number of allylic oxidation sites excluding steroid dienone is 1. The van der Waals surface area contributed by atoms with Gasteiger partial charge in [0.25, 0.3) is 0 Å². The van der Waals surface area contributed by atoms with Crippen molar-refractivity contribution in [1.29, 1.82) is 0 Å². The van der Waals surface area contributed by atoms with Gasteiger partial charge in [0.05, 0.1) is 6.10 Å². The maximum atomic E-state index is 9.70. The molecule has 0 aromatic heterocycles. The summed E-state index contributed by atoms with van der Waals surface area (Å²) in [7, 11) is 0. The molecule has 1 saturated carbocycles. The minimum atomic E-state index is -0.0191. The van der Waals surface area contributed by atoms with E-state index in [1.165, 1.54) is 38.5 Å². The van der Waals surface area contributed by atoms with Crippen LogP contribution in [0.4, 0.5) is 0 Å². The van der Waals surface area contributed by atoms with Gasteiger partial charge in [-0.2, -0.15) is 0 Å². The second-order valence-corrected chi connectivity index (χ2v) is 4.13. The van der Waals surface area contributed by atoms with Crippen molar-refractivity contribution in [3.63, 3.8) is 0 Å². The molecule has 0 bridgehead atoms. The molecule has 0 unspecified atom stereocenters. The molecule has 0 radical (unpaired) electrons. The Morgan fingerprint density at radius 3 is 2.67 bits per heavy atom. The van der Waals surface area contributed by atoms with Gasteiger partial charge in [-0.3, -0.25) is 0 Å². The minimum absolute atomic E-state index is 0.0191. The van der Waals surface area contributed by atoms with Crippen LogP contribution in [0.5, 0.6) is 0 Å². The molecule has 1 N–H and O–H groups in total. The molecule has 0 spiro atoms. The molecule has 2 rings (SSSR count). The molecule has 0 aromatic carbocycles. The molecule has 1 fully saturated rings. The van der Waals surface area contributed by atoms with Gasteiger partial charge in [-0.05, 0) is 38.5 Å². The van der Waals surface area contributed by atoms with E-state index >= 15 is 0 Å². The molecule has 2 aliphatic carbocycles. The number of aliphatic hydroxyl groups excluding tert-OH is 1. The molecule has 0 heterocycles. The van der Waals surface area contributed by atoms with Crippen molar-refractivity contribution < 1.29 is 5.11 Å². The second kappa shape index (κ2) is 3.61. The summed E-state index contributed by atoms with van der Waals surface area (Å²) in [5.41, 5.74) is 1.56. The van der Waals surface area contributed by atoms with Crippen LogP contribution in [-0.2, 0) is 0 Å². The molecule has 68 valence electrons. The van der Waals surface area contributed by atoms with Gasteiger partial charge < -0.3 is 5.11 Å². The van der Waals surface area contributed by atoms with E-state index in [0.717, 1.165) is 6.42 Å². The lowest BCUT2D eigenvalue weighted by Gasteiger charge is -2.21. The van der Waals surface area contributed by atoms with E-state index in [-0.39, 0.29) is 6.10 Å². The van der Waals surface area contributed by atoms with Crippen LogP contribution in [0.3, 0.4) is 0 Å². The van der Waals surface area contributed by atoms with Gasteiger partial charge >= 0.3 is 0 Å². The molecule has 0 aromatic rings. The fourth-order valence-electron chi connectivity index (χ4n) is 2.57. The summed E-state index contributed by atoms with van der Waals surface area (Å²) in [6.07, 6.45) is 11.0. The smallest absolute Gasteiger partial charge is 0.0605 e. The van der Waals surface area contributed by atoms with Crippen molar-refractivity contribution in [3.05, 3.63) is 11.6 Å². The Bertz CT molecular complexity index is 183. The van der Waals surface area contributed by atoms with Crippen LogP contribution >= 0.6 is 0 Å². The van der Waals surface area contributed by atoms with E-state index in [0.29, 0.717) is 5.92 Å². The molecular weight excluding hydrogens is 148 g/mol. The molecular formula is C11H18O. The van der Waals surface area contributed by atoms with E-state index in [4.69, 9.17) is 0 Å². The summed E-state index contributed by atoms with van der Waals surface area (Å²) < 4.78 is 0. The summed E-state index contributed by atoms with van der Waals surface area (Å²) >= 11 is 0. The predicted octanol–water partition coefficient (Wildman–Crippen LogP) is 2.65. The summed E-state index contributed by atoms with van der Waals surface area (Å²) in [5, 5.41) is 9.70. The first-order chi connectivity index (χ1) is 5.88. The zero-order valence-electron chi connectivity index (χ0n) is 7.63. The summed E-state index contributed by atoms with van der Waals surface area (Å²) in [6.45, 7) is 0. The van der Waals surface area contributed by atoms with Gasteiger partial charge in [0.1, 0.15) is 0 Å². The summed E-state index contributed by atoms with van der Waals surface area (Å²) in [4.78, 5) is 0. The molecule has 2 aliphatic rings. The van der Waals surface area contributed by atoms with Gasteiger partial charge in [-0.25, -0.2) is 0 Å². The van der Waals surface area contributed by atoms with E-state index in [1.807, 2.05) is 0 Å². The first-order valence-electron chi connectivity index (χ1n) is 5.25. The molecule has 2 atom stereocenters. The highest BCUT2D eigenvalue weighted by Gasteiger charge is 2.28. The summed E-state index contributed by atoms with van der Waals surface area (Å²) in [6, 6.07) is 0. The third-order valence-electron chi connectivity index (χ3n) is 3.28. The van der Waals surface area contributed by atoms with Gasteiger partial charge in [0.2, 0.25) is 0 Å². The number of hydrogen-bond acceptors (Lipinski definition) is 1. The standard InChI is InChI=1S/C11H18O/c12-11-8-4-7-10(11)9-5-2-1-3-6-9/h5,10-12H,1-4,6-8H2/t10-,11+/m0/s1. The van der Waals surface area contributed by atoms with Gasteiger partial charge in [-0.1, -0.05) is 18.1 Å². The Hall–Kier alpha value is -0.300. The lowest BCUT2D eigenvalue weighted by molar-refractivity contribution is 0.146. The zero-order valence-corrected chi connectivity index (χ0v) is 7.63. The van der Waals surface area contributed by atoms with Crippen LogP contribution in [-0.4, -0.2) is 11.2 Å². The molecule has 0 saturated heterocycles. The highest BCUT2D eigenvalue weighted by atomic mass is 16.3. The first kappa shape index (κ1) is 8.31. The van der Waals surface area contributed by atoms with Crippen molar-refractivity contribution in [2.24, 2.45) is 5.92 Å². The Morgan fingerprint density at radius 1 is 1.17 bits per heavy atom. The number of rotatable bonds is 1. The predicted molar refractivity (Wildman–Crippen MR) is 49.9 cm³/mol. The van der Waals surface area contributed by atoms with Crippen LogP contribution in [0.2, 0.25) is 0 Å². The molecule has 1 heteroatoms. The fraction of sp³-hybridized carbons (Fsp3) is 0.818. The molecule has 12 heavy (non-hydrogen) atoms.